The van der Waals surface area contributed by atoms with Crippen molar-refractivity contribution >= 4 is 5.97 Å². The number of benzene rings is 1. The molecular weight excluding hydrogens is 233 g/mol. The van der Waals surface area contributed by atoms with E-state index < -0.39 is 11.8 Å². The first-order valence-corrected chi connectivity index (χ1v) is 6.32. The Kier molecular flexibility index (Phi) is 5.78. The van der Waals surface area contributed by atoms with E-state index in [1.54, 1.807) is 6.07 Å². The van der Waals surface area contributed by atoms with Crippen LogP contribution in [0.15, 0.2) is 18.2 Å². The van der Waals surface area contributed by atoms with E-state index in [2.05, 4.69) is 18.7 Å². The van der Waals surface area contributed by atoms with Gasteiger partial charge in [0.25, 0.3) is 0 Å². The Bertz CT molecular complexity index is 407. The summed E-state index contributed by atoms with van der Waals surface area (Å²) in [6, 6.07) is 4.33. The van der Waals surface area contributed by atoms with Gasteiger partial charge >= 0.3 is 5.97 Å². The van der Waals surface area contributed by atoms with Gasteiger partial charge in [-0.15, -0.1) is 0 Å². The number of halogens is 1. The number of hydrogen-bond acceptors (Lipinski definition) is 2. The van der Waals surface area contributed by atoms with Gasteiger partial charge in [-0.05, 0) is 37.2 Å². The van der Waals surface area contributed by atoms with Crippen LogP contribution in [0, 0.1) is 5.82 Å². The zero-order chi connectivity index (χ0) is 13.5. The highest BCUT2D eigenvalue weighted by Crippen LogP contribution is 2.13. The summed E-state index contributed by atoms with van der Waals surface area (Å²) in [6.07, 6.45) is 2.24. The maximum atomic E-state index is 13.5. The van der Waals surface area contributed by atoms with Crippen LogP contribution in [0.1, 0.15) is 42.6 Å². The number of carboxylic acids is 1. The Balaban J connectivity index is 2.72. The van der Waals surface area contributed by atoms with Gasteiger partial charge in [0.05, 0.1) is 5.56 Å². The summed E-state index contributed by atoms with van der Waals surface area (Å²) in [7, 11) is 0. The van der Waals surface area contributed by atoms with Crippen molar-refractivity contribution in [1.82, 2.24) is 4.90 Å². The quantitative estimate of drug-likeness (QED) is 0.811. The first-order valence-electron chi connectivity index (χ1n) is 6.32. The highest BCUT2D eigenvalue weighted by molar-refractivity contribution is 5.87. The molecule has 0 aliphatic heterocycles. The average molecular weight is 253 g/mol. The summed E-state index contributed by atoms with van der Waals surface area (Å²) < 4.78 is 13.5. The number of hydrogen-bond donors (Lipinski definition) is 1. The monoisotopic (exact) mass is 253 g/mol. The summed E-state index contributed by atoms with van der Waals surface area (Å²) in [5.74, 6) is -1.89. The molecule has 0 heterocycles. The van der Waals surface area contributed by atoms with Gasteiger partial charge in [-0.2, -0.15) is 0 Å². The largest absolute Gasteiger partial charge is 0.478 e. The Morgan fingerprint density at radius 2 is 2.11 bits per heavy atom. The molecule has 1 rings (SSSR count). The summed E-state index contributed by atoms with van der Waals surface area (Å²) in [6.45, 7) is 6.75. The summed E-state index contributed by atoms with van der Waals surface area (Å²) in [5.41, 5.74) is 0.547. The second kappa shape index (κ2) is 7.11. The zero-order valence-electron chi connectivity index (χ0n) is 10.9. The van der Waals surface area contributed by atoms with E-state index in [9.17, 15) is 9.18 Å². The summed E-state index contributed by atoms with van der Waals surface area (Å²) in [4.78, 5) is 12.9. The zero-order valence-corrected chi connectivity index (χ0v) is 10.9. The lowest BCUT2D eigenvalue weighted by atomic mass is 10.1. The highest BCUT2D eigenvalue weighted by atomic mass is 19.1. The number of carbonyl (C=O) groups is 1. The van der Waals surface area contributed by atoms with Gasteiger partial charge in [-0.3, -0.25) is 4.90 Å². The van der Waals surface area contributed by atoms with Gasteiger partial charge in [-0.1, -0.05) is 26.3 Å². The summed E-state index contributed by atoms with van der Waals surface area (Å²) in [5, 5.41) is 8.75. The van der Waals surface area contributed by atoms with Crippen LogP contribution in [-0.2, 0) is 6.54 Å². The normalized spacial score (nSPS) is 10.9. The second-order valence-electron chi connectivity index (χ2n) is 4.34. The third-order valence-corrected chi connectivity index (χ3v) is 2.95. The maximum absolute atomic E-state index is 13.5. The van der Waals surface area contributed by atoms with Crippen LogP contribution < -0.4 is 0 Å². The average Bonchev–Trinajstić information content (AvgIpc) is 2.34. The lowest BCUT2D eigenvalue weighted by molar-refractivity contribution is 0.0692. The fourth-order valence-electron chi connectivity index (χ4n) is 1.82. The smallest absolute Gasteiger partial charge is 0.338 e. The van der Waals surface area contributed by atoms with Crippen LogP contribution in [0.3, 0.4) is 0 Å². The Hall–Kier alpha value is -1.42. The molecule has 100 valence electrons. The Labute approximate surface area is 107 Å². The molecule has 18 heavy (non-hydrogen) atoms. The molecule has 0 aliphatic carbocycles. The number of nitrogens with zero attached hydrogens (tertiary/aromatic N) is 1. The van der Waals surface area contributed by atoms with Crippen LogP contribution in [0.5, 0.6) is 0 Å². The number of unbranched alkanes of at least 4 members (excludes halogenated alkanes) is 1. The fourth-order valence-corrected chi connectivity index (χ4v) is 1.82. The Morgan fingerprint density at radius 1 is 1.39 bits per heavy atom. The van der Waals surface area contributed by atoms with Crippen LogP contribution in [0.25, 0.3) is 0 Å². The van der Waals surface area contributed by atoms with Crippen molar-refractivity contribution in [3.63, 3.8) is 0 Å². The predicted octanol–water partition coefficient (Wildman–Crippen LogP) is 3.15. The van der Waals surface area contributed by atoms with Crippen LogP contribution >= 0.6 is 0 Å². The number of rotatable bonds is 7. The second-order valence-corrected chi connectivity index (χ2v) is 4.34. The minimum Gasteiger partial charge on any atom is -0.478 e. The molecule has 0 saturated carbocycles. The molecule has 3 nitrogen and oxygen atoms in total. The minimum absolute atomic E-state index is 0.268. The molecule has 0 unspecified atom stereocenters. The van der Waals surface area contributed by atoms with Crippen molar-refractivity contribution in [3.05, 3.63) is 35.1 Å². The number of carboxylic acid groups (broad SMARTS) is 1. The van der Waals surface area contributed by atoms with E-state index in [4.69, 9.17) is 5.11 Å². The standard InChI is InChI=1S/C14H20FNO2/c1-3-5-8-16(4-2)10-11-6-7-12(14(17)18)13(15)9-11/h6-7,9H,3-5,8,10H2,1-2H3,(H,17,18). The van der Waals surface area contributed by atoms with Crippen molar-refractivity contribution in [2.75, 3.05) is 13.1 Å². The van der Waals surface area contributed by atoms with E-state index in [-0.39, 0.29) is 5.56 Å². The molecule has 0 aromatic heterocycles. The third-order valence-electron chi connectivity index (χ3n) is 2.95. The molecule has 1 N–H and O–H groups in total. The van der Waals surface area contributed by atoms with E-state index in [0.717, 1.165) is 31.5 Å². The van der Waals surface area contributed by atoms with Crippen molar-refractivity contribution < 1.29 is 14.3 Å². The molecule has 0 fully saturated rings. The van der Waals surface area contributed by atoms with E-state index in [1.165, 1.54) is 12.1 Å². The molecule has 1 aromatic carbocycles. The highest BCUT2D eigenvalue weighted by Gasteiger charge is 2.11. The SMILES string of the molecule is CCCCN(CC)Cc1ccc(C(=O)O)c(F)c1. The van der Waals surface area contributed by atoms with Crippen LogP contribution in [0.4, 0.5) is 4.39 Å². The lowest BCUT2D eigenvalue weighted by Gasteiger charge is -2.20. The molecule has 0 radical (unpaired) electrons. The molecule has 0 saturated heterocycles. The van der Waals surface area contributed by atoms with Gasteiger partial charge in [0, 0.05) is 6.54 Å². The van der Waals surface area contributed by atoms with Crippen LogP contribution in [-0.4, -0.2) is 29.1 Å². The van der Waals surface area contributed by atoms with Gasteiger partial charge in [0.1, 0.15) is 5.82 Å². The topological polar surface area (TPSA) is 40.5 Å². The van der Waals surface area contributed by atoms with Gasteiger partial charge in [0.15, 0.2) is 0 Å². The minimum atomic E-state index is -1.22. The van der Waals surface area contributed by atoms with Gasteiger partial charge < -0.3 is 5.11 Å². The van der Waals surface area contributed by atoms with Crippen LogP contribution in [0.2, 0.25) is 0 Å². The van der Waals surface area contributed by atoms with Crippen molar-refractivity contribution in [3.8, 4) is 0 Å². The molecule has 0 aliphatic rings. The maximum Gasteiger partial charge on any atom is 0.338 e. The lowest BCUT2D eigenvalue weighted by Crippen LogP contribution is -2.24. The fraction of sp³-hybridized carbons (Fsp3) is 0.500. The molecule has 0 atom stereocenters. The van der Waals surface area contributed by atoms with Crippen molar-refractivity contribution in [2.24, 2.45) is 0 Å². The van der Waals surface area contributed by atoms with E-state index in [0.29, 0.717) is 6.54 Å². The summed E-state index contributed by atoms with van der Waals surface area (Å²) >= 11 is 0. The van der Waals surface area contributed by atoms with Gasteiger partial charge in [0.2, 0.25) is 0 Å². The molecule has 4 heteroatoms. The van der Waals surface area contributed by atoms with Crippen molar-refractivity contribution in [2.45, 2.75) is 33.2 Å². The predicted molar refractivity (Wildman–Crippen MR) is 69.2 cm³/mol. The molecule has 0 amide bonds. The third kappa shape index (κ3) is 4.11. The molecule has 0 spiro atoms. The Morgan fingerprint density at radius 3 is 2.61 bits per heavy atom. The van der Waals surface area contributed by atoms with E-state index >= 15 is 0 Å². The number of aromatic carboxylic acids is 1. The first-order chi connectivity index (χ1) is 8.58. The van der Waals surface area contributed by atoms with Crippen molar-refractivity contribution in [1.29, 1.82) is 0 Å². The molecule has 1 aromatic rings. The molecular formula is C14H20FNO2. The van der Waals surface area contributed by atoms with Gasteiger partial charge in [-0.25, -0.2) is 9.18 Å². The van der Waals surface area contributed by atoms with E-state index in [1.807, 2.05) is 0 Å². The molecule has 0 bridgehead atoms. The first kappa shape index (κ1) is 14.6.